The molecule has 2 N–H and O–H groups in total. The standard InChI is InChI=1S/C16H22N2O/c1-3-5-13-7-9-14(10-8-13)16-15(6-4-11-17)18-12(2)19-16/h7-10H,3-6,11,17H2,1-2H3. The van der Waals surface area contributed by atoms with Crippen LogP contribution in [0.2, 0.25) is 0 Å². The molecule has 2 rings (SSSR count). The van der Waals surface area contributed by atoms with E-state index in [-0.39, 0.29) is 0 Å². The van der Waals surface area contributed by atoms with Crippen molar-refractivity contribution in [2.24, 2.45) is 5.73 Å². The van der Waals surface area contributed by atoms with E-state index in [1.54, 1.807) is 0 Å². The van der Waals surface area contributed by atoms with Crippen molar-refractivity contribution < 1.29 is 4.42 Å². The minimum atomic E-state index is 0.681. The molecule has 1 aromatic carbocycles. The highest BCUT2D eigenvalue weighted by Crippen LogP contribution is 2.26. The fraction of sp³-hybridized carbons (Fsp3) is 0.438. The Morgan fingerprint density at radius 1 is 1.16 bits per heavy atom. The maximum atomic E-state index is 5.75. The average molecular weight is 258 g/mol. The summed E-state index contributed by atoms with van der Waals surface area (Å²) in [6.07, 6.45) is 4.10. The molecule has 1 aromatic heterocycles. The van der Waals surface area contributed by atoms with Crippen LogP contribution in [0.1, 0.15) is 36.9 Å². The number of nitrogens with zero attached hydrogens (tertiary/aromatic N) is 1. The van der Waals surface area contributed by atoms with Crippen LogP contribution in [0.25, 0.3) is 11.3 Å². The smallest absolute Gasteiger partial charge is 0.192 e. The maximum Gasteiger partial charge on any atom is 0.192 e. The molecule has 0 fully saturated rings. The Kier molecular flexibility index (Phi) is 4.74. The SMILES string of the molecule is CCCc1ccc(-c2oc(C)nc2CCCN)cc1. The maximum absolute atomic E-state index is 5.75. The highest BCUT2D eigenvalue weighted by molar-refractivity contribution is 5.60. The van der Waals surface area contributed by atoms with Crippen molar-refractivity contribution in [3.8, 4) is 11.3 Å². The van der Waals surface area contributed by atoms with E-state index >= 15 is 0 Å². The molecule has 0 aliphatic carbocycles. The van der Waals surface area contributed by atoms with Crippen molar-refractivity contribution in [2.75, 3.05) is 6.54 Å². The van der Waals surface area contributed by atoms with Gasteiger partial charge < -0.3 is 10.2 Å². The highest BCUT2D eigenvalue weighted by Gasteiger charge is 2.12. The summed E-state index contributed by atoms with van der Waals surface area (Å²) >= 11 is 0. The van der Waals surface area contributed by atoms with Crippen LogP contribution in [0, 0.1) is 6.92 Å². The second-order valence-electron chi connectivity index (χ2n) is 4.85. The van der Waals surface area contributed by atoms with Gasteiger partial charge >= 0.3 is 0 Å². The molecule has 0 amide bonds. The van der Waals surface area contributed by atoms with Gasteiger partial charge in [0.15, 0.2) is 11.7 Å². The molecule has 0 saturated carbocycles. The molecular weight excluding hydrogens is 236 g/mol. The predicted octanol–water partition coefficient (Wildman–Crippen LogP) is 3.49. The van der Waals surface area contributed by atoms with E-state index in [4.69, 9.17) is 10.2 Å². The van der Waals surface area contributed by atoms with Crippen LogP contribution < -0.4 is 5.73 Å². The van der Waals surface area contributed by atoms with Gasteiger partial charge in [0.1, 0.15) is 0 Å². The van der Waals surface area contributed by atoms with Gasteiger partial charge in [-0.25, -0.2) is 4.98 Å². The Balaban J connectivity index is 2.24. The largest absolute Gasteiger partial charge is 0.441 e. The third kappa shape index (κ3) is 3.44. The molecule has 2 aromatic rings. The molecule has 0 spiro atoms. The number of aromatic nitrogens is 1. The minimum Gasteiger partial charge on any atom is -0.441 e. The lowest BCUT2D eigenvalue weighted by Gasteiger charge is -2.03. The molecule has 1 heterocycles. The summed E-state index contributed by atoms with van der Waals surface area (Å²) in [6.45, 7) is 4.76. The number of benzene rings is 1. The molecule has 0 aliphatic heterocycles. The normalized spacial score (nSPS) is 10.9. The second kappa shape index (κ2) is 6.53. The summed E-state index contributed by atoms with van der Waals surface area (Å²) in [5.41, 5.74) is 9.06. The van der Waals surface area contributed by atoms with Crippen LogP contribution in [-0.2, 0) is 12.8 Å². The Bertz CT molecular complexity index is 514. The monoisotopic (exact) mass is 258 g/mol. The summed E-state index contributed by atoms with van der Waals surface area (Å²) in [7, 11) is 0. The van der Waals surface area contributed by atoms with Gasteiger partial charge in [-0.15, -0.1) is 0 Å². The Labute approximate surface area is 114 Å². The fourth-order valence-electron chi connectivity index (χ4n) is 2.25. The quantitative estimate of drug-likeness (QED) is 0.862. The molecule has 0 bridgehead atoms. The first kappa shape index (κ1) is 13.8. The first-order valence-electron chi connectivity index (χ1n) is 7.00. The van der Waals surface area contributed by atoms with Crippen LogP contribution in [0.4, 0.5) is 0 Å². The zero-order valence-corrected chi connectivity index (χ0v) is 11.8. The highest BCUT2D eigenvalue weighted by atomic mass is 16.4. The van der Waals surface area contributed by atoms with Gasteiger partial charge in [-0.2, -0.15) is 0 Å². The van der Waals surface area contributed by atoms with Gasteiger partial charge in [-0.05, 0) is 31.4 Å². The Morgan fingerprint density at radius 3 is 2.53 bits per heavy atom. The molecular formula is C16H22N2O. The van der Waals surface area contributed by atoms with Crippen molar-refractivity contribution in [3.63, 3.8) is 0 Å². The minimum absolute atomic E-state index is 0.681. The topological polar surface area (TPSA) is 52.0 Å². The number of rotatable bonds is 6. The van der Waals surface area contributed by atoms with E-state index < -0.39 is 0 Å². The van der Waals surface area contributed by atoms with Gasteiger partial charge in [0.2, 0.25) is 0 Å². The van der Waals surface area contributed by atoms with Crippen molar-refractivity contribution in [3.05, 3.63) is 41.4 Å². The van der Waals surface area contributed by atoms with Crippen molar-refractivity contribution >= 4 is 0 Å². The molecule has 0 unspecified atom stereocenters. The van der Waals surface area contributed by atoms with Gasteiger partial charge in [0.05, 0.1) is 5.69 Å². The second-order valence-corrected chi connectivity index (χ2v) is 4.85. The van der Waals surface area contributed by atoms with Gasteiger partial charge in [0.25, 0.3) is 0 Å². The predicted molar refractivity (Wildman–Crippen MR) is 78.0 cm³/mol. The van der Waals surface area contributed by atoms with Gasteiger partial charge in [-0.1, -0.05) is 37.6 Å². The third-order valence-corrected chi connectivity index (χ3v) is 3.18. The van der Waals surface area contributed by atoms with Gasteiger partial charge in [-0.3, -0.25) is 0 Å². The van der Waals surface area contributed by atoms with Crippen LogP contribution in [0.5, 0.6) is 0 Å². The fourth-order valence-corrected chi connectivity index (χ4v) is 2.25. The van der Waals surface area contributed by atoms with E-state index in [0.717, 1.165) is 42.2 Å². The van der Waals surface area contributed by atoms with Crippen molar-refractivity contribution in [1.29, 1.82) is 0 Å². The first-order valence-corrected chi connectivity index (χ1v) is 7.00. The molecule has 0 radical (unpaired) electrons. The van der Waals surface area contributed by atoms with E-state index in [1.807, 2.05) is 6.92 Å². The van der Waals surface area contributed by atoms with E-state index in [9.17, 15) is 0 Å². The summed E-state index contributed by atoms with van der Waals surface area (Å²) in [4.78, 5) is 4.46. The molecule has 102 valence electrons. The molecule has 0 saturated heterocycles. The molecule has 3 nitrogen and oxygen atoms in total. The number of aryl methyl sites for hydroxylation is 3. The van der Waals surface area contributed by atoms with E-state index in [1.165, 1.54) is 12.0 Å². The van der Waals surface area contributed by atoms with E-state index in [0.29, 0.717) is 6.54 Å². The summed E-state index contributed by atoms with van der Waals surface area (Å²) < 4.78 is 5.75. The summed E-state index contributed by atoms with van der Waals surface area (Å²) in [6, 6.07) is 8.58. The van der Waals surface area contributed by atoms with Crippen LogP contribution in [-0.4, -0.2) is 11.5 Å². The summed E-state index contributed by atoms with van der Waals surface area (Å²) in [5.74, 6) is 1.62. The lowest BCUT2D eigenvalue weighted by atomic mass is 10.0. The lowest BCUT2D eigenvalue weighted by Crippen LogP contribution is -2.01. The molecule has 3 heteroatoms. The number of oxazole rings is 1. The number of hydrogen-bond donors (Lipinski definition) is 1. The summed E-state index contributed by atoms with van der Waals surface area (Å²) in [5, 5.41) is 0. The zero-order chi connectivity index (χ0) is 13.7. The van der Waals surface area contributed by atoms with E-state index in [2.05, 4.69) is 36.2 Å². The third-order valence-electron chi connectivity index (χ3n) is 3.18. The van der Waals surface area contributed by atoms with Crippen LogP contribution in [0.3, 0.4) is 0 Å². The molecule has 0 aliphatic rings. The molecule has 19 heavy (non-hydrogen) atoms. The Morgan fingerprint density at radius 2 is 1.89 bits per heavy atom. The lowest BCUT2D eigenvalue weighted by molar-refractivity contribution is 0.534. The Hall–Kier alpha value is -1.61. The molecule has 0 atom stereocenters. The van der Waals surface area contributed by atoms with Gasteiger partial charge in [0, 0.05) is 12.5 Å². The van der Waals surface area contributed by atoms with Crippen LogP contribution >= 0.6 is 0 Å². The number of hydrogen-bond acceptors (Lipinski definition) is 3. The zero-order valence-electron chi connectivity index (χ0n) is 11.8. The van der Waals surface area contributed by atoms with Crippen molar-refractivity contribution in [1.82, 2.24) is 4.98 Å². The average Bonchev–Trinajstić information content (AvgIpc) is 2.79. The van der Waals surface area contributed by atoms with Crippen molar-refractivity contribution in [2.45, 2.75) is 39.5 Å². The number of nitrogens with two attached hydrogens (primary N) is 1. The first-order chi connectivity index (χ1) is 9.24. The van der Waals surface area contributed by atoms with Crippen LogP contribution in [0.15, 0.2) is 28.7 Å².